The van der Waals surface area contributed by atoms with Crippen molar-refractivity contribution in [1.29, 1.82) is 0 Å². The first-order valence-corrected chi connectivity index (χ1v) is 11.7. The van der Waals surface area contributed by atoms with Crippen LogP contribution >= 0.6 is 0 Å². The molecule has 3 N–H and O–H groups in total. The number of nitrogens with one attached hydrogen (secondary N) is 3. The number of anilines is 3. The first-order chi connectivity index (χ1) is 15.9. The fourth-order valence-electron chi connectivity index (χ4n) is 4.45. The molecular weight excluding hydrogens is 412 g/mol. The van der Waals surface area contributed by atoms with E-state index in [-0.39, 0.29) is 6.03 Å². The molecule has 1 aromatic heterocycles. The van der Waals surface area contributed by atoms with Gasteiger partial charge in [0.25, 0.3) is 0 Å². The standard InChI is InChI=1S/C26H34N6O/c1-17-8-7-11-22(18(17)2)30-26(33)27-16-19-12-14-20(15-13-19)28-25-29-23-10-6-5-9-21(23)24(31-25)32(3)4/h5-11,19-20H,12-16H2,1-4H3,(H2,27,30,33)(H,28,29,31). The van der Waals surface area contributed by atoms with Gasteiger partial charge in [-0.2, -0.15) is 4.98 Å². The number of aryl methyl sites for hydroxylation is 1. The Hall–Kier alpha value is -3.35. The van der Waals surface area contributed by atoms with Crippen LogP contribution in [0.2, 0.25) is 0 Å². The topological polar surface area (TPSA) is 82.2 Å². The summed E-state index contributed by atoms with van der Waals surface area (Å²) in [4.78, 5) is 23.9. The van der Waals surface area contributed by atoms with Crippen molar-refractivity contribution in [3.05, 3.63) is 53.6 Å². The maximum absolute atomic E-state index is 12.4. The Labute approximate surface area is 196 Å². The molecule has 0 aliphatic heterocycles. The first kappa shape index (κ1) is 22.8. The SMILES string of the molecule is Cc1cccc(NC(=O)NCC2CCC(Nc3nc(N(C)C)c4ccccc4n3)CC2)c1C. The molecule has 2 amide bonds. The van der Waals surface area contributed by atoms with Gasteiger partial charge < -0.3 is 20.9 Å². The molecule has 2 aromatic carbocycles. The van der Waals surface area contributed by atoms with Crippen LogP contribution in [0.25, 0.3) is 10.9 Å². The van der Waals surface area contributed by atoms with Gasteiger partial charge in [-0.15, -0.1) is 0 Å². The molecule has 1 aliphatic carbocycles. The minimum absolute atomic E-state index is 0.135. The Bertz CT molecular complexity index is 1120. The van der Waals surface area contributed by atoms with Crippen molar-refractivity contribution in [3.63, 3.8) is 0 Å². The minimum Gasteiger partial charge on any atom is -0.362 e. The molecule has 0 spiro atoms. The molecule has 7 heteroatoms. The molecule has 1 saturated carbocycles. The first-order valence-electron chi connectivity index (χ1n) is 11.7. The van der Waals surface area contributed by atoms with E-state index < -0.39 is 0 Å². The number of nitrogens with zero attached hydrogens (tertiary/aromatic N) is 3. The van der Waals surface area contributed by atoms with E-state index in [1.54, 1.807) is 0 Å². The van der Waals surface area contributed by atoms with E-state index in [4.69, 9.17) is 9.97 Å². The zero-order valence-electron chi connectivity index (χ0n) is 20.0. The molecule has 1 aliphatic rings. The number of carbonyl (C=O) groups is 1. The highest BCUT2D eigenvalue weighted by Gasteiger charge is 2.23. The van der Waals surface area contributed by atoms with E-state index in [1.807, 2.05) is 56.3 Å². The fourth-order valence-corrected chi connectivity index (χ4v) is 4.45. The third-order valence-corrected chi connectivity index (χ3v) is 6.59. The number of para-hydroxylation sites is 1. The van der Waals surface area contributed by atoms with Gasteiger partial charge in [-0.1, -0.05) is 24.3 Å². The summed E-state index contributed by atoms with van der Waals surface area (Å²) in [5, 5.41) is 10.6. The number of urea groups is 1. The average molecular weight is 447 g/mol. The van der Waals surface area contributed by atoms with Crippen LogP contribution in [0.4, 0.5) is 22.2 Å². The zero-order chi connectivity index (χ0) is 23.4. The molecule has 1 fully saturated rings. The molecule has 33 heavy (non-hydrogen) atoms. The summed E-state index contributed by atoms with van der Waals surface area (Å²) in [7, 11) is 4.01. The highest BCUT2D eigenvalue weighted by atomic mass is 16.2. The minimum atomic E-state index is -0.135. The second kappa shape index (κ2) is 10.1. The maximum Gasteiger partial charge on any atom is 0.319 e. The second-order valence-electron chi connectivity index (χ2n) is 9.23. The number of hydrogen-bond donors (Lipinski definition) is 3. The van der Waals surface area contributed by atoms with Crippen LogP contribution in [0.15, 0.2) is 42.5 Å². The number of carbonyl (C=O) groups excluding carboxylic acids is 1. The Kier molecular flexibility index (Phi) is 6.96. The van der Waals surface area contributed by atoms with Gasteiger partial charge in [0.2, 0.25) is 5.95 Å². The summed E-state index contributed by atoms with van der Waals surface area (Å²) >= 11 is 0. The van der Waals surface area contributed by atoms with Crippen molar-refractivity contribution in [2.75, 3.05) is 36.2 Å². The summed E-state index contributed by atoms with van der Waals surface area (Å²) in [5.74, 6) is 2.10. The van der Waals surface area contributed by atoms with Gasteiger partial charge in [-0.05, 0) is 74.8 Å². The van der Waals surface area contributed by atoms with Crippen molar-refractivity contribution < 1.29 is 4.79 Å². The fraction of sp³-hybridized carbons (Fsp3) is 0.423. The Morgan fingerprint density at radius 3 is 2.52 bits per heavy atom. The Balaban J connectivity index is 1.28. The Morgan fingerprint density at radius 1 is 1.00 bits per heavy atom. The van der Waals surface area contributed by atoms with E-state index in [1.165, 1.54) is 5.56 Å². The average Bonchev–Trinajstić information content (AvgIpc) is 2.81. The molecule has 0 unspecified atom stereocenters. The third kappa shape index (κ3) is 5.53. The lowest BCUT2D eigenvalue weighted by Gasteiger charge is -2.29. The summed E-state index contributed by atoms with van der Waals surface area (Å²) < 4.78 is 0. The van der Waals surface area contributed by atoms with Crippen LogP contribution in [-0.4, -0.2) is 42.7 Å². The molecule has 4 rings (SSSR count). The molecule has 0 saturated heterocycles. The highest BCUT2D eigenvalue weighted by Crippen LogP contribution is 2.28. The molecule has 3 aromatic rings. The predicted octanol–water partition coefficient (Wildman–Crippen LogP) is 5.11. The van der Waals surface area contributed by atoms with E-state index >= 15 is 0 Å². The predicted molar refractivity (Wildman–Crippen MR) is 136 cm³/mol. The normalized spacial score (nSPS) is 18.1. The quantitative estimate of drug-likeness (QED) is 0.490. The second-order valence-corrected chi connectivity index (χ2v) is 9.23. The van der Waals surface area contributed by atoms with Crippen molar-refractivity contribution in [2.45, 2.75) is 45.6 Å². The van der Waals surface area contributed by atoms with E-state index in [2.05, 4.69) is 35.0 Å². The van der Waals surface area contributed by atoms with Crippen LogP contribution in [0.5, 0.6) is 0 Å². The number of hydrogen-bond acceptors (Lipinski definition) is 5. The van der Waals surface area contributed by atoms with Crippen LogP contribution < -0.4 is 20.9 Å². The van der Waals surface area contributed by atoms with E-state index in [0.717, 1.165) is 53.7 Å². The third-order valence-electron chi connectivity index (χ3n) is 6.59. The monoisotopic (exact) mass is 446 g/mol. The molecule has 0 atom stereocenters. The van der Waals surface area contributed by atoms with Crippen molar-refractivity contribution in [1.82, 2.24) is 15.3 Å². The maximum atomic E-state index is 12.4. The van der Waals surface area contributed by atoms with Gasteiger partial charge in [0.05, 0.1) is 5.52 Å². The number of aromatic nitrogens is 2. The lowest BCUT2D eigenvalue weighted by molar-refractivity contribution is 0.246. The Morgan fingerprint density at radius 2 is 1.76 bits per heavy atom. The highest BCUT2D eigenvalue weighted by molar-refractivity contribution is 5.91. The number of fused-ring (bicyclic) bond motifs is 1. The zero-order valence-corrected chi connectivity index (χ0v) is 20.0. The number of amides is 2. The summed E-state index contributed by atoms with van der Waals surface area (Å²) in [6.45, 7) is 4.77. The molecule has 7 nitrogen and oxygen atoms in total. The van der Waals surface area contributed by atoms with Gasteiger partial charge in [0, 0.05) is 37.8 Å². The lowest BCUT2D eigenvalue weighted by Crippen LogP contribution is -2.36. The van der Waals surface area contributed by atoms with Crippen LogP contribution in [0, 0.1) is 19.8 Å². The summed E-state index contributed by atoms with van der Waals surface area (Å²) in [6.07, 6.45) is 4.21. The smallest absolute Gasteiger partial charge is 0.319 e. The lowest BCUT2D eigenvalue weighted by atomic mass is 9.86. The van der Waals surface area contributed by atoms with E-state index in [9.17, 15) is 4.79 Å². The van der Waals surface area contributed by atoms with Crippen LogP contribution in [0.3, 0.4) is 0 Å². The van der Waals surface area contributed by atoms with Gasteiger partial charge in [-0.25, -0.2) is 9.78 Å². The van der Waals surface area contributed by atoms with Gasteiger partial charge in [0.15, 0.2) is 0 Å². The van der Waals surface area contributed by atoms with Crippen LogP contribution in [0.1, 0.15) is 36.8 Å². The largest absolute Gasteiger partial charge is 0.362 e. The number of rotatable bonds is 6. The number of benzene rings is 2. The molecular formula is C26H34N6O. The van der Waals surface area contributed by atoms with Crippen molar-refractivity contribution in [2.24, 2.45) is 5.92 Å². The molecule has 174 valence electrons. The van der Waals surface area contributed by atoms with Crippen molar-refractivity contribution in [3.8, 4) is 0 Å². The molecule has 1 heterocycles. The molecule has 0 radical (unpaired) electrons. The van der Waals surface area contributed by atoms with Gasteiger partial charge in [-0.3, -0.25) is 0 Å². The van der Waals surface area contributed by atoms with Crippen LogP contribution in [-0.2, 0) is 0 Å². The summed E-state index contributed by atoms with van der Waals surface area (Å²) in [5.41, 5.74) is 4.10. The van der Waals surface area contributed by atoms with Gasteiger partial charge in [0.1, 0.15) is 5.82 Å². The van der Waals surface area contributed by atoms with E-state index in [0.29, 0.717) is 24.5 Å². The summed E-state index contributed by atoms with van der Waals surface area (Å²) in [6, 6.07) is 14.3. The van der Waals surface area contributed by atoms with Gasteiger partial charge >= 0.3 is 6.03 Å². The molecule has 0 bridgehead atoms. The van der Waals surface area contributed by atoms with Crippen molar-refractivity contribution >= 4 is 34.4 Å².